The molecule has 6 heteroatoms. The number of nitrogens with zero attached hydrogens (tertiary/aromatic N) is 5. The highest BCUT2D eigenvalue weighted by Crippen LogP contribution is 2.44. The number of ether oxygens (including phenoxy) is 1. The molecular formula is C45H33N5O. The second kappa shape index (κ2) is 11.0. The van der Waals surface area contributed by atoms with Crippen molar-refractivity contribution in [1.29, 1.82) is 0 Å². The van der Waals surface area contributed by atoms with E-state index in [9.17, 15) is 0 Å². The average Bonchev–Trinajstić information content (AvgIpc) is 3.84. The Kier molecular flexibility index (Phi) is 6.33. The third kappa shape index (κ3) is 4.39. The Bertz CT molecular complexity index is 3020. The van der Waals surface area contributed by atoms with Crippen LogP contribution in [0.4, 0.5) is 0 Å². The van der Waals surface area contributed by atoms with Gasteiger partial charge in [-0.15, -0.1) is 0 Å². The number of pyridine rings is 3. The van der Waals surface area contributed by atoms with E-state index in [1.54, 1.807) is 0 Å². The predicted molar refractivity (Wildman–Crippen MR) is 208 cm³/mol. The molecule has 51 heavy (non-hydrogen) atoms. The van der Waals surface area contributed by atoms with Crippen molar-refractivity contribution in [1.82, 2.24) is 23.8 Å². The number of fused-ring (bicyclic) bond motifs is 12. The lowest BCUT2D eigenvalue weighted by Crippen LogP contribution is -1.98. The van der Waals surface area contributed by atoms with Gasteiger partial charge in [0.2, 0.25) is 0 Å². The molecule has 0 saturated heterocycles. The fourth-order valence-corrected chi connectivity index (χ4v) is 8.24. The number of hydrogen-bond donors (Lipinski definition) is 0. The summed E-state index contributed by atoms with van der Waals surface area (Å²) >= 11 is 0. The summed E-state index contributed by atoms with van der Waals surface area (Å²) in [6, 6.07) is 32.5. The molecule has 0 aliphatic rings. The molecule has 5 heterocycles. The fourth-order valence-electron chi connectivity index (χ4n) is 8.24. The average molecular weight is 660 g/mol. The molecule has 0 spiro atoms. The lowest BCUT2D eigenvalue weighted by molar-refractivity contribution is 0.484. The topological polar surface area (TPSA) is 56.7 Å². The number of aryl methyl sites for hydroxylation is 4. The highest BCUT2D eigenvalue weighted by atomic mass is 16.5. The van der Waals surface area contributed by atoms with Crippen LogP contribution in [0.5, 0.6) is 11.5 Å². The number of aromatic nitrogens is 5. The third-order valence-corrected chi connectivity index (χ3v) is 10.5. The number of imidazole rings is 2. The molecule has 10 aromatic rings. The minimum atomic E-state index is 0.741. The molecule has 6 nitrogen and oxygen atoms in total. The van der Waals surface area contributed by atoms with Gasteiger partial charge in [0, 0.05) is 58.7 Å². The molecule has 0 aliphatic heterocycles. The van der Waals surface area contributed by atoms with Gasteiger partial charge in [0.05, 0.1) is 11.0 Å². The molecule has 0 saturated carbocycles. The van der Waals surface area contributed by atoms with Crippen LogP contribution in [0, 0.1) is 27.7 Å². The Balaban J connectivity index is 1.18. The maximum absolute atomic E-state index is 6.61. The summed E-state index contributed by atoms with van der Waals surface area (Å²) in [5.41, 5.74) is 14.1. The van der Waals surface area contributed by atoms with Gasteiger partial charge in [0.1, 0.15) is 22.8 Å². The number of hydrogen-bond acceptors (Lipinski definition) is 4. The Morgan fingerprint density at radius 3 is 1.59 bits per heavy atom. The van der Waals surface area contributed by atoms with Gasteiger partial charge in [-0.25, -0.2) is 9.97 Å². The molecule has 5 aromatic heterocycles. The maximum atomic E-state index is 6.61. The zero-order valence-corrected chi connectivity index (χ0v) is 28.8. The van der Waals surface area contributed by atoms with Crippen molar-refractivity contribution in [3.63, 3.8) is 0 Å². The van der Waals surface area contributed by atoms with Crippen molar-refractivity contribution in [2.75, 3.05) is 0 Å². The SMILES string of the molecule is Cc1cccc(C)c1-c1cc2c3ccc(Oc4ccc5c6cnccc6n6ccnc6c5c4)cc3c3nccn3c2cc1-c1c(C)cccc1C. The van der Waals surface area contributed by atoms with E-state index in [-0.39, 0.29) is 0 Å². The molecule has 10 rings (SSSR count). The molecule has 0 radical (unpaired) electrons. The molecule has 0 atom stereocenters. The molecule has 5 aromatic carbocycles. The van der Waals surface area contributed by atoms with E-state index >= 15 is 0 Å². The van der Waals surface area contributed by atoms with Crippen LogP contribution in [-0.2, 0) is 0 Å². The van der Waals surface area contributed by atoms with Crippen LogP contribution in [0.2, 0.25) is 0 Å². The minimum Gasteiger partial charge on any atom is -0.457 e. The highest BCUT2D eigenvalue weighted by molar-refractivity contribution is 6.15. The van der Waals surface area contributed by atoms with E-state index in [4.69, 9.17) is 14.7 Å². The van der Waals surface area contributed by atoms with Gasteiger partial charge >= 0.3 is 0 Å². The smallest absolute Gasteiger partial charge is 0.145 e. The summed E-state index contributed by atoms with van der Waals surface area (Å²) in [7, 11) is 0. The lowest BCUT2D eigenvalue weighted by Gasteiger charge is -2.20. The highest BCUT2D eigenvalue weighted by Gasteiger charge is 2.20. The third-order valence-electron chi connectivity index (χ3n) is 10.5. The largest absolute Gasteiger partial charge is 0.457 e. The van der Waals surface area contributed by atoms with Crippen molar-refractivity contribution in [2.45, 2.75) is 27.7 Å². The van der Waals surface area contributed by atoms with Gasteiger partial charge in [0.15, 0.2) is 0 Å². The van der Waals surface area contributed by atoms with Crippen LogP contribution in [0.25, 0.3) is 76.9 Å². The van der Waals surface area contributed by atoms with Gasteiger partial charge in [-0.05, 0) is 138 Å². The first kappa shape index (κ1) is 29.4. The van der Waals surface area contributed by atoms with Gasteiger partial charge in [-0.2, -0.15) is 0 Å². The quantitative estimate of drug-likeness (QED) is 0.176. The van der Waals surface area contributed by atoms with E-state index in [2.05, 4.69) is 127 Å². The summed E-state index contributed by atoms with van der Waals surface area (Å²) in [4.78, 5) is 14.0. The van der Waals surface area contributed by atoms with Crippen molar-refractivity contribution in [2.24, 2.45) is 0 Å². The van der Waals surface area contributed by atoms with Gasteiger partial charge in [0.25, 0.3) is 0 Å². The predicted octanol–water partition coefficient (Wildman–Crippen LogP) is 11.3. The Labute approximate surface area is 294 Å². The lowest BCUT2D eigenvalue weighted by atomic mass is 9.85. The summed E-state index contributed by atoms with van der Waals surface area (Å²) in [6.07, 6.45) is 11.5. The van der Waals surface area contributed by atoms with Crippen LogP contribution in [0.3, 0.4) is 0 Å². The first-order chi connectivity index (χ1) is 24.9. The number of rotatable bonds is 4. The summed E-state index contributed by atoms with van der Waals surface area (Å²) in [6.45, 7) is 8.85. The van der Waals surface area contributed by atoms with Crippen LogP contribution in [0.1, 0.15) is 22.3 Å². The van der Waals surface area contributed by atoms with Crippen LogP contribution in [-0.4, -0.2) is 23.8 Å². The summed E-state index contributed by atoms with van der Waals surface area (Å²) in [5.74, 6) is 1.49. The molecule has 0 amide bonds. The monoisotopic (exact) mass is 659 g/mol. The molecule has 244 valence electrons. The zero-order chi connectivity index (χ0) is 34.4. The summed E-state index contributed by atoms with van der Waals surface area (Å²) < 4.78 is 10.9. The molecule has 0 fully saturated rings. The van der Waals surface area contributed by atoms with Gasteiger partial charge in [-0.1, -0.05) is 36.4 Å². The fraction of sp³-hybridized carbons (Fsp3) is 0.0889. The first-order valence-corrected chi connectivity index (χ1v) is 17.2. The van der Waals surface area contributed by atoms with E-state index in [1.807, 2.05) is 43.1 Å². The normalized spacial score (nSPS) is 11.9. The maximum Gasteiger partial charge on any atom is 0.145 e. The van der Waals surface area contributed by atoms with E-state index in [1.165, 1.54) is 49.9 Å². The first-order valence-electron chi connectivity index (χ1n) is 17.2. The zero-order valence-electron chi connectivity index (χ0n) is 28.8. The van der Waals surface area contributed by atoms with Crippen LogP contribution >= 0.6 is 0 Å². The van der Waals surface area contributed by atoms with E-state index in [0.717, 1.165) is 60.8 Å². The van der Waals surface area contributed by atoms with Crippen molar-refractivity contribution in [3.8, 4) is 33.8 Å². The van der Waals surface area contributed by atoms with E-state index in [0.29, 0.717) is 0 Å². The van der Waals surface area contributed by atoms with Gasteiger partial charge in [-0.3, -0.25) is 13.8 Å². The van der Waals surface area contributed by atoms with Crippen LogP contribution in [0.15, 0.2) is 128 Å². The molecule has 0 bridgehead atoms. The minimum absolute atomic E-state index is 0.741. The van der Waals surface area contributed by atoms with Crippen molar-refractivity contribution in [3.05, 3.63) is 150 Å². The summed E-state index contributed by atoms with van der Waals surface area (Å²) in [5, 5.41) is 6.51. The second-order valence-corrected chi connectivity index (χ2v) is 13.6. The molecule has 0 aliphatic carbocycles. The number of benzene rings is 5. The molecule has 0 unspecified atom stereocenters. The van der Waals surface area contributed by atoms with Crippen LogP contribution < -0.4 is 4.74 Å². The molecular weight excluding hydrogens is 627 g/mol. The standard InChI is InChI=1S/C45H33N5O/c1-26-7-5-8-27(2)42(26)35-23-34-32-13-11-30(51-31-12-14-33-38(22-31)44-47-17-19-49(44)40-15-16-46-25-39(33)40)21-37(32)45-48-18-20-50(45)41(34)24-36(35)43-28(3)9-6-10-29(43)4/h5-25H,1-4H3. The Hall–Kier alpha value is -6.53. The van der Waals surface area contributed by atoms with E-state index < -0.39 is 0 Å². The Morgan fingerprint density at radius 2 is 1.00 bits per heavy atom. The van der Waals surface area contributed by atoms with Gasteiger partial charge < -0.3 is 4.74 Å². The second-order valence-electron chi connectivity index (χ2n) is 13.6. The Morgan fingerprint density at radius 1 is 0.471 bits per heavy atom. The molecule has 0 N–H and O–H groups in total. The van der Waals surface area contributed by atoms with Crippen molar-refractivity contribution >= 4 is 54.6 Å². The van der Waals surface area contributed by atoms with Crippen molar-refractivity contribution < 1.29 is 4.74 Å².